The first-order chi connectivity index (χ1) is 8.25. The topological polar surface area (TPSA) is 69.4 Å². The number of hydrogen-bond acceptors (Lipinski definition) is 4. The third kappa shape index (κ3) is 4.13. The largest absolute Gasteiger partial charge is 0.460 e. The van der Waals surface area contributed by atoms with Gasteiger partial charge in [0.05, 0.1) is 5.41 Å². The molecule has 1 rings (SSSR count). The minimum Gasteiger partial charge on any atom is -0.460 e. The Balaban J connectivity index is 2.63. The molecule has 0 saturated heterocycles. The van der Waals surface area contributed by atoms with Gasteiger partial charge in [-0.3, -0.25) is 14.9 Å². The monoisotopic (exact) mass is 255 g/mol. The maximum Gasteiger partial charge on any atom is 0.313 e. The number of hydrogen-bond donors (Lipinski definition) is 0. The molecule has 0 atom stereocenters. The Labute approximate surface area is 107 Å². The van der Waals surface area contributed by atoms with E-state index in [0.717, 1.165) is 0 Å². The second-order valence-corrected chi connectivity index (χ2v) is 5.82. The summed E-state index contributed by atoms with van der Waals surface area (Å²) < 4.78 is 5.43. The summed E-state index contributed by atoms with van der Waals surface area (Å²) in [7, 11) is 0. The number of ether oxygens (including phenoxy) is 1. The van der Waals surface area contributed by atoms with Gasteiger partial charge in [-0.05, 0) is 40.0 Å². The Bertz CT molecular complexity index is 346. The van der Waals surface area contributed by atoms with E-state index in [-0.39, 0.29) is 17.4 Å². The summed E-state index contributed by atoms with van der Waals surface area (Å²) in [5.74, 6) is -0.233. The highest BCUT2D eigenvalue weighted by molar-refractivity contribution is 5.78. The summed E-state index contributed by atoms with van der Waals surface area (Å²) in [5.41, 5.74) is -1.10. The average Bonchev–Trinajstić information content (AvgIpc) is 2.64. The number of carbonyl (C=O) groups is 1. The molecule has 102 valence electrons. The normalized spacial score (nSPS) is 17.7. The van der Waals surface area contributed by atoms with Crippen LogP contribution in [0.25, 0.3) is 0 Å². The van der Waals surface area contributed by atoms with E-state index < -0.39 is 11.0 Å². The molecular weight excluding hydrogens is 234 g/mol. The molecule has 0 aliphatic heterocycles. The van der Waals surface area contributed by atoms with Crippen molar-refractivity contribution in [2.75, 3.05) is 6.54 Å². The van der Waals surface area contributed by atoms with Crippen LogP contribution >= 0.6 is 0 Å². The zero-order chi connectivity index (χ0) is 13.8. The molecular formula is C13H21NO4. The molecule has 0 amide bonds. The van der Waals surface area contributed by atoms with Gasteiger partial charge in [-0.1, -0.05) is 12.2 Å². The number of nitrogens with zero attached hydrogens (tertiary/aromatic N) is 1. The first-order valence-corrected chi connectivity index (χ1v) is 6.25. The molecule has 5 nitrogen and oxygen atoms in total. The molecule has 0 heterocycles. The molecule has 0 fully saturated rings. The van der Waals surface area contributed by atoms with E-state index in [4.69, 9.17) is 4.74 Å². The van der Waals surface area contributed by atoms with Crippen LogP contribution in [-0.2, 0) is 9.53 Å². The molecule has 0 aromatic carbocycles. The Hall–Kier alpha value is -1.39. The molecule has 5 heteroatoms. The summed E-state index contributed by atoms with van der Waals surface area (Å²) in [6, 6.07) is 0. The molecule has 0 aromatic heterocycles. The molecule has 1 aliphatic rings. The van der Waals surface area contributed by atoms with Crippen LogP contribution in [0.1, 0.15) is 46.5 Å². The molecule has 0 bridgehead atoms. The average molecular weight is 255 g/mol. The molecule has 0 N–H and O–H groups in total. The number of carbonyl (C=O) groups excluding carboxylic acids is 1. The molecule has 18 heavy (non-hydrogen) atoms. The highest BCUT2D eigenvalue weighted by Crippen LogP contribution is 2.40. The van der Waals surface area contributed by atoms with Gasteiger partial charge in [0.25, 0.3) is 0 Å². The van der Waals surface area contributed by atoms with Crippen molar-refractivity contribution in [1.82, 2.24) is 0 Å². The van der Waals surface area contributed by atoms with E-state index in [0.29, 0.717) is 25.7 Å². The van der Waals surface area contributed by atoms with Crippen molar-refractivity contribution in [3.05, 3.63) is 22.3 Å². The molecule has 0 saturated carbocycles. The Morgan fingerprint density at radius 2 is 1.94 bits per heavy atom. The molecule has 0 unspecified atom stereocenters. The van der Waals surface area contributed by atoms with Crippen molar-refractivity contribution >= 4 is 5.97 Å². The quantitative estimate of drug-likeness (QED) is 0.328. The molecule has 0 aromatic rings. The van der Waals surface area contributed by atoms with E-state index in [2.05, 4.69) is 0 Å². The minimum atomic E-state index is -0.580. The Morgan fingerprint density at radius 3 is 2.39 bits per heavy atom. The summed E-state index contributed by atoms with van der Waals surface area (Å²) >= 11 is 0. The van der Waals surface area contributed by atoms with E-state index in [1.165, 1.54) is 0 Å². The van der Waals surface area contributed by atoms with Gasteiger partial charge < -0.3 is 4.74 Å². The lowest BCUT2D eigenvalue weighted by molar-refractivity contribution is -0.480. The number of rotatable bonds is 5. The highest BCUT2D eigenvalue weighted by Gasteiger charge is 2.41. The smallest absolute Gasteiger partial charge is 0.313 e. The predicted octanol–water partition coefficient (Wildman–Crippen LogP) is 2.72. The van der Waals surface area contributed by atoms with Crippen LogP contribution in [0.5, 0.6) is 0 Å². The lowest BCUT2D eigenvalue weighted by atomic mass is 9.80. The Kier molecular flexibility index (Phi) is 4.48. The van der Waals surface area contributed by atoms with Crippen molar-refractivity contribution in [3.63, 3.8) is 0 Å². The van der Waals surface area contributed by atoms with E-state index >= 15 is 0 Å². The minimum absolute atomic E-state index is 0.0927. The second-order valence-electron chi connectivity index (χ2n) is 5.82. The standard InChI is InChI=1S/C13H21NO4/c1-12(2,3)18-11(15)13(7-4-5-8-13)9-6-10-14(16)17/h4-5H,6-10H2,1-3H3. The fourth-order valence-electron chi connectivity index (χ4n) is 2.11. The third-order valence-corrected chi connectivity index (χ3v) is 3.01. The zero-order valence-corrected chi connectivity index (χ0v) is 11.3. The van der Waals surface area contributed by atoms with Gasteiger partial charge in [-0.2, -0.15) is 0 Å². The second kappa shape index (κ2) is 5.50. The lowest BCUT2D eigenvalue weighted by Gasteiger charge is -2.30. The Morgan fingerprint density at radius 1 is 1.39 bits per heavy atom. The fraction of sp³-hybridized carbons (Fsp3) is 0.769. The number of allylic oxidation sites excluding steroid dienone is 2. The van der Waals surface area contributed by atoms with Gasteiger partial charge in [0.1, 0.15) is 5.60 Å². The van der Waals surface area contributed by atoms with E-state index in [9.17, 15) is 14.9 Å². The van der Waals surface area contributed by atoms with Crippen molar-refractivity contribution in [2.24, 2.45) is 5.41 Å². The summed E-state index contributed by atoms with van der Waals surface area (Å²) in [6.07, 6.45) is 6.08. The highest BCUT2D eigenvalue weighted by atomic mass is 16.6. The lowest BCUT2D eigenvalue weighted by Crippen LogP contribution is -2.36. The van der Waals surface area contributed by atoms with Crippen molar-refractivity contribution < 1.29 is 14.5 Å². The van der Waals surface area contributed by atoms with Gasteiger partial charge in [-0.25, -0.2) is 0 Å². The maximum absolute atomic E-state index is 12.2. The van der Waals surface area contributed by atoms with E-state index in [1.807, 2.05) is 32.9 Å². The summed E-state index contributed by atoms with van der Waals surface area (Å²) in [4.78, 5) is 22.2. The van der Waals surface area contributed by atoms with Gasteiger partial charge in [0, 0.05) is 11.3 Å². The van der Waals surface area contributed by atoms with Gasteiger partial charge >= 0.3 is 5.97 Å². The van der Waals surface area contributed by atoms with Gasteiger partial charge in [-0.15, -0.1) is 0 Å². The van der Waals surface area contributed by atoms with Crippen LogP contribution < -0.4 is 0 Å². The summed E-state index contributed by atoms with van der Waals surface area (Å²) in [6.45, 7) is 5.40. The first-order valence-electron chi connectivity index (χ1n) is 6.25. The van der Waals surface area contributed by atoms with Crippen LogP contribution in [0.2, 0.25) is 0 Å². The van der Waals surface area contributed by atoms with Crippen molar-refractivity contribution in [3.8, 4) is 0 Å². The number of nitro groups is 1. The molecule has 0 spiro atoms. The van der Waals surface area contributed by atoms with Crippen molar-refractivity contribution in [2.45, 2.75) is 52.1 Å². The van der Waals surface area contributed by atoms with Crippen LogP contribution in [0.15, 0.2) is 12.2 Å². The SMILES string of the molecule is CC(C)(C)OC(=O)C1(CCC[N+](=O)[O-])CC=CC1. The van der Waals surface area contributed by atoms with E-state index in [1.54, 1.807) is 0 Å². The van der Waals surface area contributed by atoms with Crippen LogP contribution in [0.3, 0.4) is 0 Å². The predicted molar refractivity (Wildman–Crippen MR) is 67.7 cm³/mol. The van der Waals surface area contributed by atoms with Crippen LogP contribution in [-0.4, -0.2) is 23.0 Å². The maximum atomic E-state index is 12.2. The summed E-state index contributed by atoms with van der Waals surface area (Å²) in [5, 5.41) is 10.3. The molecule has 1 aliphatic carbocycles. The van der Waals surface area contributed by atoms with Crippen LogP contribution in [0, 0.1) is 15.5 Å². The van der Waals surface area contributed by atoms with Gasteiger partial charge in [0.15, 0.2) is 0 Å². The first kappa shape index (κ1) is 14.7. The van der Waals surface area contributed by atoms with Crippen molar-refractivity contribution in [1.29, 1.82) is 0 Å². The molecule has 0 radical (unpaired) electrons. The number of esters is 1. The third-order valence-electron chi connectivity index (χ3n) is 3.01. The van der Waals surface area contributed by atoms with Gasteiger partial charge in [0.2, 0.25) is 6.54 Å². The zero-order valence-electron chi connectivity index (χ0n) is 11.3. The fourth-order valence-corrected chi connectivity index (χ4v) is 2.11. The van der Waals surface area contributed by atoms with Crippen LogP contribution in [0.4, 0.5) is 0 Å².